The first-order valence-corrected chi connectivity index (χ1v) is 7.49. The van der Waals surface area contributed by atoms with Gasteiger partial charge in [0.15, 0.2) is 0 Å². The molecule has 23 heavy (non-hydrogen) atoms. The molecule has 0 N–H and O–H groups in total. The van der Waals surface area contributed by atoms with Crippen LogP contribution in [0.3, 0.4) is 0 Å². The van der Waals surface area contributed by atoms with Crippen LogP contribution < -0.4 is 0 Å². The van der Waals surface area contributed by atoms with Crippen LogP contribution in [0.15, 0.2) is 54.1 Å². The van der Waals surface area contributed by atoms with Crippen LogP contribution in [0.2, 0.25) is 5.02 Å². The third-order valence-corrected chi connectivity index (χ3v) is 3.84. The van der Waals surface area contributed by atoms with Crippen LogP contribution in [-0.2, 0) is 0 Å². The number of hydrogen-bond acceptors (Lipinski definition) is 2. The Morgan fingerprint density at radius 1 is 1.04 bits per heavy atom. The molecule has 2 aromatic carbocycles. The average Bonchev–Trinajstić information content (AvgIpc) is 2.53. The molecule has 2 aromatic rings. The maximum atomic E-state index is 9.26. The summed E-state index contributed by atoms with van der Waals surface area (Å²) < 4.78 is 0. The van der Waals surface area contributed by atoms with E-state index in [1.54, 1.807) is 12.1 Å². The highest BCUT2D eigenvalue weighted by molar-refractivity contribution is 6.32. The Bertz CT molecular complexity index is 861. The zero-order valence-electron chi connectivity index (χ0n) is 13.0. The van der Waals surface area contributed by atoms with Gasteiger partial charge in [0, 0.05) is 10.6 Å². The van der Waals surface area contributed by atoms with Crippen LogP contribution in [0.4, 0.5) is 0 Å². The largest absolute Gasteiger partial charge is 0.192 e. The van der Waals surface area contributed by atoms with Gasteiger partial charge >= 0.3 is 0 Å². The number of nitrogens with zero attached hydrogens (tertiary/aromatic N) is 2. The van der Waals surface area contributed by atoms with Crippen LogP contribution in [0.1, 0.15) is 22.3 Å². The van der Waals surface area contributed by atoms with Crippen LogP contribution >= 0.6 is 11.6 Å². The molecule has 0 bridgehead atoms. The smallest absolute Gasteiger partial charge is 0.137 e. The maximum absolute atomic E-state index is 9.26. The first-order chi connectivity index (χ1) is 11.1. The highest BCUT2D eigenvalue weighted by Gasteiger charge is 2.09. The number of aryl methyl sites for hydroxylation is 2. The van der Waals surface area contributed by atoms with Crippen molar-refractivity contribution >= 4 is 23.3 Å². The molecule has 0 aliphatic carbocycles. The van der Waals surface area contributed by atoms with Crippen LogP contribution in [0.25, 0.3) is 11.6 Å². The number of hydrogen-bond donors (Lipinski definition) is 0. The fourth-order valence-electron chi connectivity index (χ4n) is 2.35. The molecule has 0 aliphatic heterocycles. The SMILES string of the molecule is Cc1ccc(C(/C=C/c2ccccc2Cl)=C(C#N)C#N)c(C)c1. The quantitative estimate of drug-likeness (QED) is 0.556. The van der Waals surface area contributed by atoms with Crippen LogP contribution in [0.5, 0.6) is 0 Å². The van der Waals surface area contributed by atoms with Gasteiger partial charge in [-0.1, -0.05) is 65.7 Å². The Labute approximate surface area is 141 Å². The molecule has 0 aromatic heterocycles. The number of benzene rings is 2. The van der Waals surface area contributed by atoms with E-state index in [9.17, 15) is 10.5 Å². The second-order valence-electron chi connectivity index (χ2n) is 5.19. The standard InChI is InChI=1S/C20H15ClN2/c1-14-7-9-18(15(2)11-14)19(17(12-22)13-23)10-8-16-5-3-4-6-20(16)21/h3-11H,1-2H3/b10-8+. The fraction of sp³-hybridized carbons (Fsp3) is 0.100. The molecule has 2 nitrogen and oxygen atoms in total. The summed E-state index contributed by atoms with van der Waals surface area (Å²) in [4.78, 5) is 0. The van der Waals surface area contributed by atoms with Gasteiger partial charge in [0.25, 0.3) is 0 Å². The normalized spacial score (nSPS) is 10.1. The minimum absolute atomic E-state index is 0.0836. The van der Waals surface area contributed by atoms with Crippen molar-refractivity contribution in [3.8, 4) is 12.1 Å². The van der Waals surface area contributed by atoms with Crippen molar-refractivity contribution in [2.75, 3.05) is 0 Å². The van der Waals surface area contributed by atoms with Crippen molar-refractivity contribution in [3.05, 3.63) is 81.4 Å². The Hall–Kier alpha value is -2.81. The Kier molecular flexibility index (Phi) is 5.36. The van der Waals surface area contributed by atoms with Gasteiger partial charge in [0.1, 0.15) is 17.7 Å². The van der Waals surface area contributed by atoms with Gasteiger partial charge in [-0.2, -0.15) is 10.5 Å². The third-order valence-electron chi connectivity index (χ3n) is 3.50. The van der Waals surface area contributed by atoms with Gasteiger partial charge < -0.3 is 0 Å². The molecular weight excluding hydrogens is 304 g/mol. The summed E-state index contributed by atoms with van der Waals surface area (Å²) in [5, 5.41) is 19.2. The molecule has 0 unspecified atom stereocenters. The van der Waals surface area contributed by atoms with E-state index in [0.29, 0.717) is 10.6 Å². The minimum Gasteiger partial charge on any atom is -0.192 e. The molecule has 0 saturated carbocycles. The van der Waals surface area contributed by atoms with Crippen molar-refractivity contribution < 1.29 is 0 Å². The van der Waals surface area contributed by atoms with E-state index in [1.165, 1.54) is 0 Å². The lowest BCUT2D eigenvalue weighted by Gasteiger charge is -2.08. The lowest BCUT2D eigenvalue weighted by atomic mass is 9.94. The molecule has 0 amide bonds. The van der Waals surface area contributed by atoms with Gasteiger partial charge in [-0.25, -0.2) is 0 Å². The number of allylic oxidation sites excluding steroid dienone is 3. The first-order valence-electron chi connectivity index (χ1n) is 7.11. The van der Waals surface area contributed by atoms with Gasteiger partial charge in [-0.05, 0) is 36.6 Å². The van der Waals surface area contributed by atoms with E-state index < -0.39 is 0 Å². The van der Waals surface area contributed by atoms with E-state index in [-0.39, 0.29) is 5.57 Å². The average molecular weight is 319 g/mol. The van der Waals surface area contributed by atoms with Crippen molar-refractivity contribution in [2.45, 2.75) is 13.8 Å². The molecule has 0 radical (unpaired) electrons. The highest BCUT2D eigenvalue weighted by atomic mass is 35.5. The minimum atomic E-state index is 0.0836. The van der Waals surface area contributed by atoms with Crippen molar-refractivity contribution in [1.82, 2.24) is 0 Å². The summed E-state index contributed by atoms with van der Waals surface area (Å²) in [5.41, 5.74) is 4.55. The molecule has 112 valence electrons. The number of rotatable bonds is 3. The summed E-state index contributed by atoms with van der Waals surface area (Å²) in [6.07, 6.45) is 3.60. The molecule has 0 aliphatic rings. The molecule has 0 spiro atoms. The molecule has 0 fully saturated rings. The zero-order chi connectivity index (χ0) is 16.8. The predicted molar refractivity (Wildman–Crippen MR) is 94.5 cm³/mol. The van der Waals surface area contributed by atoms with Crippen LogP contribution in [-0.4, -0.2) is 0 Å². The first kappa shape index (κ1) is 16.6. The van der Waals surface area contributed by atoms with E-state index >= 15 is 0 Å². The maximum Gasteiger partial charge on any atom is 0.137 e. The summed E-state index contributed by atoms with van der Waals surface area (Å²) in [7, 11) is 0. The summed E-state index contributed by atoms with van der Waals surface area (Å²) >= 11 is 6.16. The Morgan fingerprint density at radius 3 is 2.35 bits per heavy atom. The van der Waals surface area contributed by atoms with E-state index in [4.69, 9.17) is 11.6 Å². The van der Waals surface area contributed by atoms with Gasteiger partial charge in [0.2, 0.25) is 0 Å². The summed E-state index contributed by atoms with van der Waals surface area (Å²) in [5.74, 6) is 0. The van der Waals surface area contributed by atoms with E-state index in [0.717, 1.165) is 22.3 Å². The van der Waals surface area contributed by atoms with Crippen molar-refractivity contribution in [1.29, 1.82) is 10.5 Å². The van der Waals surface area contributed by atoms with Crippen LogP contribution in [0, 0.1) is 36.5 Å². The molecule has 0 saturated heterocycles. The molecule has 3 heteroatoms. The Morgan fingerprint density at radius 2 is 1.74 bits per heavy atom. The molecular formula is C20H15ClN2. The number of nitriles is 2. The highest BCUT2D eigenvalue weighted by Crippen LogP contribution is 2.26. The summed E-state index contributed by atoms with van der Waals surface area (Å²) in [6.45, 7) is 3.98. The third kappa shape index (κ3) is 3.89. The van der Waals surface area contributed by atoms with Gasteiger partial charge in [-0.15, -0.1) is 0 Å². The summed E-state index contributed by atoms with van der Waals surface area (Å²) in [6, 6.07) is 17.3. The monoisotopic (exact) mass is 318 g/mol. The second kappa shape index (κ2) is 7.45. The molecule has 0 heterocycles. The Balaban J connectivity index is 2.58. The lowest BCUT2D eigenvalue weighted by molar-refractivity contribution is 1.35. The predicted octanol–water partition coefficient (Wildman–Crippen LogP) is 5.47. The van der Waals surface area contributed by atoms with E-state index in [1.807, 2.05) is 68.5 Å². The molecule has 0 atom stereocenters. The van der Waals surface area contributed by atoms with E-state index in [2.05, 4.69) is 0 Å². The molecule has 2 rings (SSSR count). The van der Waals surface area contributed by atoms with Crippen molar-refractivity contribution in [3.63, 3.8) is 0 Å². The second-order valence-corrected chi connectivity index (χ2v) is 5.59. The topological polar surface area (TPSA) is 47.6 Å². The zero-order valence-corrected chi connectivity index (χ0v) is 13.7. The fourth-order valence-corrected chi connectivity index (χ4v) is 2.55. The van der Waals surface area contributed by atoms with Gasteiger partial charge in [-0.3, -0.25) is 0 Å². The van der Waals surface area contributed by atoms with Crippen molar-refractivity contribution in [2.24, 2.45) is 0 Å². The lowest BCUT2D eigenvalue weighted by Crippen LogP contribution is -1.91. The number of halogens is 1. The van der Waals surface area contributed by atoms with Gasteiger partial charge in [0.05, 0.1) is 0 Å².